The largest absolute Gasteiger partial charge is 0.496 e. The lowest BCUT2D eigenvalue weighted by atomic mass is 10.2. The molecule has 0 aliphatic heterocycles. The molecule has 1 aromatic carbocycles. The highest BCUT2D eigenvalue weighted by Gasteiger charge is 2.14. The molecule has 3 N–H and O–H groups in total. The van der Waals surface area contributed by atoms with Gasteiger partial charge in [-0.25, -0.2) is 0 Å². The number of hydrogen-bond donors (Lipinski definition) is 2. The molecule has 90 valence electrons. The van der Waals surface area contributed by atoms with Gasteiger partial charge in [-0.1, -0.05) is 0 Å². The van der Waals surface area contributed by atoms with Crippen molar-refractivity contribution in [3.8, 4) is 22.9 Å². The molecule has 0 radical (unpaired) electrons. The number of methoxy groups -OCH3 is 2. The minimum atomic E-state index is 0.189. The zero-order valence-electron chi connectivity index (χ0n) is 9.32. The number of benzene rings is 1. The third-order valence-corrected chi connectivity index (χ3v) is 2.85. The highest BCUT2D eigenvalue weighted by Crippen LogP contribution is 2.37. The standard InChI is InChI=1S/C10H11BrN4O2/c1-16-7-4-8(17-2)6(11)3-5(7)9-13-10(12)15-14-9/h3-4H,1-2H3,(H3,12,13,14,15). The van der Waals surface area contributed by atoms with Gasteiger partial charge >= 0.3 is 0 Å². The summed E-state index contributed by atoms with van der Waals surface area (Å²) in [5, 5.41) is 6.51. The fourth-order valence-corrected chi connectivity index (χ4v) is 1.95. The summed E-state index contributed by atoms with van der Waals surface area (Å²) in [6.07, 6.45) is 0. The molecule has 1 aromatic heterocycles. The van der Waals surface area contributed by atoms with Crippen molar-refractivity contribution >= 4 is 21.9 Å². The quantitative estimate of drug-likeness (QED) is 0.903. The van der Waals surface area contributed by atoms with Gasteiger partial charge in [0.2, 0.25) is 5.95 Å². The van der Waals surface area contributed by atoms with E-state index in [2.05, 4.69) is 31.1 Å². The van der Waals surface area contributed by atoms with Gasteiger partial charge in [-0.15, -0.1) is 5.10 Å². The maximum atomic E-state index is 5.47. The minimum Gasteiger partial charge on any atom is -0.496 e. The maximum Gasteiger partial charge on any atom is 0.239 e. The van der Waals surface area contributed by atoms with Crippen LogP contribution in [0.4, 0.5) is 5.95 Å². The molecule has 0 amide bonds. The molecule has 7 heteroatoms. The summed E-state index contributed by atoms with van der Waals surface area (Å²) in [6, 6.07) is 3.59. The molecule has 2 aromatic rings. The Bertz CT molecular complexity index is 541. The summed E-state index contributed by atoms with van der Waals surface area (Å²) in [4.78, 5) is 4.06. The predicted molar refractivity (Wildman–Crippen MR) is 67.0 cm³/mol. The first-order valence-corrected chi connectivity index (χ1v) is 5.54. The smallest absolute Gasteiger partial charge is 0.239 e. The molecule has 0 aliphatic carbocycles. The number of H-pyrrole nitrogens is 1. The molecule has 17 heavy (non-hydrogen) atoms. The van der Waals surface area contributed by atoms with Crippen molar-refractivity contribution < 1.29 is 9.47 Å². The van der Waals surface area contributed by atoms with E-state index in [1.165, 1.54) is 0 Å². The van der Waals surface area contributed by atoms with Crippen LogP contribution in [0.2, 0.25) is 0 Å². The summed E-state index contributed by atoms with van der Waals surface area (Å²) < 4.78 is 11.3. The van der Waals surface area contributed by atoms with Crippen LogP contribution in [0.1, 0.15) is 0 Å². The van der Waals surface area contributed by atoms with Gasteiger partial charge in [0.05, 0.1) is 24.3 Å². The van der Waals surface area contributed by atoms with Crippen LogP contribution in [-0.4, -0.2) is 29.4 Å². The molecular weight excluding hydrogens is 288 g/mol. The van der Waals surface area contributed by atoms with Crippen molar-refractivity contribution in [1.82, 2.24) is 15.2 Å². The van der Waals surface area contributed by atoms with E-state index >= 15 is 0 Å². The third kappa shape index (κ3) is 2.19. The fourth-order valence-electron chi connectivity index (χ4n) is 1.44. The van der Waals surface area contributed by atoms with Gasteiger partial charge in [-0.3, -0.25) is 5.10 Å². The van der Waals surface area contributed by atoms with Crippen LogP contribution in [0.3, 0.4) is 0 Å². The SMILES string of the molecule is COc1cc(OC)c(-c2nc(N)n[nH]2)cc1Br. The first kappa shape index (κ1) is 11.7. The third-order valence-electron chi connectivity index (χ3n) is 2.23. The highest BCUT2D eigenvalue weighted by atomic mass is 79.9. The van der Waals surface area contributed by atoms with Gasteiger partial charge in [0, 0.05) is 6.07 Å². The van der Waals surface area contributed by atoms with Gasteiger partial charge < -0.3 is 15.2 Å². The Labute approximate surface area is 106 Å². The van der Waals surface area contributed by atoms with Gasteiger partial charge in [0.15, 0.2) is 5.82 Å². The molecule has 0 saturated heterocycles. The number of halogens is 1. The van der Waals surface area contributed by atoms with E-state index in [0.717, 1.165) is 10.0 Å². The second-order valence-electron chi connectivity index (χ2n) is 3.23. The molecule has 1 heterocycles. The average Bonchev–Trinajstić information content (AvgIpc) is 2.75. The van der Waals surface area contributed by atoms with Crippen molar-refractivity contribution in [2.45, 2.75) is 0 Å². The van der Waals surface area contributed by atoms with Crippen LogP contribution >= 0.6 is 15.9 Å². The van der Waals surface area contributed by atoms with E-state index in [4.69, 9.17) is 15.2 Å². The summed E-state index contributed by atoms with van der Waals surface area (Å²) in [6.45, 7) is 0. The Morgan fingerprint density at radius 3 is 2.47 bits per heavy atom. The molecule has 0 aliphatic rings. The normalized spacial score (nSPS) is 10.3. The van der Waals surface area contributed by atoms with Crippen molar-refractivity contribution in [3.05, 3.63) is 16.6 Å². The summed E-state index contributed by atoms with van der Waals surface area (Å²) >= 11 is 3.40. The van der Waals surface area contributed by atoms with Crippen molar-refractivity contribution in [2.75, 3.05) is 20.0 Å². The molecule has 0 unspecified atom stereocenters. The van der Waals surface area contributed by atoms with Crippen LogP contribution in [0.15, 0.2) is 16.6 Å². The van der Waals surface area contributed by atoms with E-state index in [1.54, 1.807) is 20.3 Å². The zero-order chi connectivity index (χ0) is 12.4. The van der Waals surface area contributed by atoms with Gasteiger partial charge in [-0.05, 0) is 22.0 Å². The average molecular weight is 299 g/mol. The number of anilines is 1. The number of ether oxygens (including phenoxy) is 2. The summed E-state index contributed by atoms with van der Waals surface area (Å²) in [5.74, 6) is 2.04. The lowest BCUT2D eigenvalue weighted by Crippen LogP contribution is -1.93. The molecule has 2 rings (SSSR count). The first-order valence-electron chi connectivity index (χ1n) is 4.75. The minimum absolute atomic E-state index is 0.189. The van der Waals surface area contributed by atoms with E-state index in [-0.39, 0.29) is 5.95 Å². The fraction of sp³-hybridized carbons (Fsp3) is 0.200. The van der Waals surface area contributed by atoms with Crippen molar-refractivity contribution in [2.24, 2.45) is 0 Å². The van der Waals surface area contributed by atoms with Gasteiger partial charge in [-0.2, -0.15) is 4.98 Å². The second kappa shape index (κ2) is 4.62. The number of aromatic nitrogens is 3. The van der Waals surface area contributed by atoms with Crippen LogP contribution < -0.4 is 15.2 Å². The Balaban J connectivity index is 2.57. The number of nitrogens with one attached hydrogen (secondary N) is 1. The molecule has 6 nitrogen and oxygen atoms in total. The Kier molecular flexibility index (Phi) is 3.19. The summed E-state index contributed by atoms with van der Waals surface area (Å²) in [7, 11) is 3.16. The molecule has 0 atom stereocenters. The van der Waals surface area contributed by atoms with Crippen molar-refractivity contribution in [3.63, 3.8) is 0 Å². The van der Waals surface area contributed by atoms with Gasteiger partial charge in [0.1, 0.15) is 11.5 Å². The monoisotopic (exact) mass is 298 g/mol. The molecule has 0 spiro atoms. The highest BCUT2D eigenvalue weighted by molar-refractivity contribution is 9.10. The zero-order valence-corrected chi connectivity index (χ0v) is 10.9. The number of aromatic amines is 1. The second-order valence-corrected chi connectivity index (χ2v) is 4.08. The van der Waals surface area contributed by atoms with E-state index < -0.39 is 0 Å². The number of nitrogens with two attached hydrogens (primary N) is 1. The number of rotatable bonds is 3. The van der Waals surface area contributed by atoms with E-state index in [1.807, 2.05) is 6.07 Å². The number of nitrogens with zero attached hydrogens (tertiary/aromatic N) is 2. The number of nitrogen functional groups attached to an aromatic ring is 1. The molecule has 0 saturated carbocycles. The van der Waals surface area contributed by atoms with Crippen LogP contribution in [0, 0.1) is 0 Å². The summed E-state index contributed by atoms with van der Waals surface area (Å²) in [5.41, 5.74) is 6.22. The molecule has 0 bridgehead atoms. The van der Waals surface area contributed by atoms with Crippen LogP contribution in [0.5, 0.6) is 11.5 Å². The maximum absolute atomic E-state index is 5.47. The lowest BCUT2D eigenvalue weighted by Gasteiger charge is -2.10. The van der Waals surface area contributed by atoms with Crippen LogP contribution in [-0.2, 0) is 0 Å². The van der Waals surface area contributed by atoms with E-state index in [0.29, 0.717) is 17.3 Å². The number of hydrogen-bond acceptors (Lipinski definition) is 5. The lowest BCUT2D eigenvalue weighted by molar-refractivity contribution is 0.393. The topological polar surface area (TPSA) is 86.1 Å². The van der Waals surface area contributed by atoms with Gasteiger partial charge in [0.25, 0.3) is 0 Å². The van der Waals surface area contributed by atoms with E-state index in [9.17, 15) is 0 Å². The predicted octanol–water partition coefficient (Wildman–Crippen LogP) is 1.83. The Hall–Kier alpha value is -1.76. The molecular formula is C10H11BrN4O2. The molecule has 0 fully saturated rings. The van der Waals surface area contributed by atoms with Crippen molar-refractivity contribution in [1.29, 1.82) is 0 Å². The van der Waals surface area contributed by atoms with Crippen LogP contribution in [0.25, 0.3) is 11.4 Å². The first-order chi connectivity index (χ1) is 8.15. The Morgan fingerprint density at radius 2 is 1.94 bits per heavy atom. The Morgan fingerprint density at radius 1 is 1.24 bits per heavy atom.